The average molecular weight is 658 g/mol. The quantitative estimate of drug-likeness (QED) is 0.281. The van der Waals surface area contributed by atoms with Crippen LogP contribution in [0.2, 0.25) is 0 Å². The molecule has 0 nitrogen and oxygen atoms in total. The maximum atomic E-state index is 13.1. The summed E-state index contributed by atoms with van der Waals surface area (Å²) in [5.41, 5.74) is -5.37. The van der Waals surface area contributed by atoms with E-state index in [1.54, 1.807) is 0 Å². The van der Waals surface area contributed by atoms with Crippen molar-refractivity contribution in [1.29, 1.82) is 0 Å². The average Bonchev–Trinajstić information content (AvgIpc) is 2.45. The molecule has 0 fully saturated rings. The minimum atomic E-state index is -11.5. The van der Waals surface area contributed by atoms with Crippen LogP contribution < -0.4 is 0 Å². The summed E-state index contributed by atoms with van der Waals surface area (Å²) in [5.74, 6) is 0. The van der Waals surface area contributed by atoms with Gasteiger partial charge in [0, 0.05) is 0 Å². The third-order valence-corrected chi connectivity index (χ3v) is 8.38. The third-order valence-electron chi connectivity index (χ3n) is 3.88. The topological polar surface area (TPSA) is 0 Å². The van der Waals surface area contributed by atoms with E-state index in [9.17, 15) is 77.7 Å². The van der Waals surface area contributed by atoms with Crippen molar-refractivity contribution in [2.24, 2.45) is 0 Å². The predicted molar refractivity (Wildman–Crippen MR) is 97.5 cm³/mol. The van der Waals surface area contributed by atoms with Gasteiger partial charge in [-0.25, -0.2) is 0 Å². The van der Waals surface area contributed by atoms with Crippen LogP contribution in [0.5, 0.6) is 0 Å². The van der Waals surface area contributed by atoms with Gasteiger partial charge in [0.15, 0.2) is 0 Å². The van der Waals surface area contributed by atoms with Crippen LogP contribution in [0.4, 0.5) is 77.7 Å². The fourth-order valence-corrected chi connectivity index (χ4v) is 5.31. The first kappa shape index (κ1) is 30.7. The zero-order chi connectivity index (χ0) is 29.3. The molecule has 0 radical (unpaired) electrons. The summed E-state index contributed by atoms with van der Waals surface area (Å²) >= 11 is 0. The van der Waals surface area contributed by atoms with Gasteiger partial charge in [-0.05, 0) is 47.5 Å². The first-order chi connectivity index (χ1) is 14.3. The first-order valence-corrected chi connectivity index (χ1v) is 15.4. The summed E-state index contributed by atoms with van der Waals surface area (Å²) in [5, 5.41) is 0. The summed E-state index contributed by atoms with van der Waals surface area (Å²) in [4.78, 5) is -15.8. The number of rotatable bonds is 5. The summed E-state index contributed by atoms with van der Waals surface area (Å²) in [6.07, 6.45) is 0. The second-order valence-corrected chi connectivity index (χ2v) is 16.9. The molecule has 2 rings (SSSR count). The zero-order valence-electron chi connectivity index (χ0n) is 15.7. The summed E-state index contributed by atoms with van der Waals surface area (Å²) in [6.45, 7) is 0. The van der Waals surface area contributed by atoms with Gasteiger partial charge in [-0.15, -0.1) is 0 Å². The Kier molecular flexibility index (Phi) is 4.41. The van der Waals surface area contributed by atoms with Gasteiger partial charge in [0.1, 0.15) is 19.6 Å². The van der Waals surface area contributed by atoms with Crippen molar-refractivity contribution in [1.82, 2.24) is 0 Å². The maximum Gasteiger partial charge on any atom is 0.310 e. The molecule has 0 spiro atoms. The second kappa shape index (κ2) is 5.18. The van der Waals surface area contributed by atoms with Crippen molar-refractivity contribution >= 4 is 40.9 Å². The highest BCUT2D eigenvalue weighted by molar-refractivity contribution is 8.47. The van der Waals surface area contributed by atoms with E-state index in [1.807, 2.05) is 0 Å². The summed E-state index contributed by atoms with van der Waals surface area (Å²) < 4.78 is 261. The Hall–Kier alpha value is -1.56. The monoisotopic (exact) mass is 658 g/mol. The van der Waals surface area contributed by atoms with E-state index >= 15 is 0 Å². The second-order valence-electron chi connectivity index (χ2n) is 7.26. The van der Waals surface area contributed by atoms with E-state index in [0.717, 1.165) is 0 Å². The Morgan fingerprint density at radius 1 is 0.250 bits per heavy atom. The minimum Gasteiger partial charge on any atom is -0.0936 e. The van der Waals surface area contributed by atoms with Crippen LogP contribution in [-0.4, -0.2) is 0 Å². The molecule has 218 valence electrons. The van der Waals surface area contributed by atoms with Gasteiger partial charge in [0.05, 0.1) is 0 Å². The third kappa shape index (κ3) is 7.26. The largest absolute Gasteiger partial charge is 0.310 e. The number of benzene rings is 2. The van der Waals surface area contributed by atoms with Crippen LogP contribution in [0.25, 0.3) is 11.1 Å². The van der Waals surface area contributed by atoms with Crippen LogP contribution >= 0.6 is 40.9 Å². The van der Waals surface area contributed by atoms with Crippen molar-refractivity contribution < 1.29 is 77.7 Å². The number of hydrogen-bond donors (Lipinski definition) is 0. The van der Waals surface area contributed by atoms with E-state index in [4.69, 9.17) is 0 Å². The molecule has 0 atom stereocenters. The van der Waals surface area contributed by atoms with Gasteiger partial charge in [0.25, 0.3) is 0 Å². The lowest BCUT2D eigenvalue weighted by molar-refractivity contribution is 0.353. The van der Waals surface area contributed by atoms with E-state index in [0.29, 0.717) is 0 Å². The van der Waals surface area contributed by atoms with Gasteiger partial charge < -0.3 is 0 Å². The SMILES string of the molecule is FS(F)(F)(F)(F)c1cc(-c2cc(S(F)(F)(F)(F)F)cc(S(F)(F)(F)(F)F)c2)cc(S(F)(F)(F)(F)F)c1. The Labute approximate surface area is 186 Å². The van der Waals surface area contributed by atoms with Crippen LogP contribution in [0, 0.1) is 0 Å². The smallest absolute Gasteiger partial charge is 0.0936 e. The van der Waals surface area contributed by atoms with Crippen molar-refractivity contribution in [2.75, 3.05) is 0 Å². The Morgan fingerprint density at radius 2 is 0.389 bits per heavy atom. The Balaban J connectivity index is 3.25. The first-order valence-electron chi connectivity index (χ1n) is 7.62. The fourth-order valence-electron chi connectivity index (χ4n) is 2.37. The molecule has 2 aromatic rings. The fraction of sp³-hybridized carbons (Fsp3) is 0. The van der Waals surface area contributed by atoms with Gasteiger partial charge in [-0.3, -0.25) is 0 Å². The van der Waals surface area contributed by atoms with Gasteiger partial charge in [-0.2, -0.15) is 0 Å². The molecule has 2 aromatic carbocycles. The Morgan fingerprint density at radius 3 is 0.500 bits per heavy atom. The molecule has 0 unspecified atom stereocenters. The van der Waals surface area contributed by atoms with Crippen molar-refractivity contribution in [2.45, 2.75) is 19.6 Å². The van der Waals surface area contributed by atoms with Crippen molar-refractivity contribution in [3.05, 3.63) is 36.4 Å². The molecule has 0 bridgehead atoms. The lowest BCUT2D eigenvalue weighted by Gasteiger charge is -2.45. The summed E-state index contributed by atoms with van der Waals surface area (Å²) in [7, 11) is -46.0. The zero-order valence-corrected chi connectivity index (χ0v) is 18.9. The van der Waals surface area contributed by atoms with Crippen molar-refractivity contribution in [3.63, 3.8) is 0 Å². The van der Waals surface area contributed by atoms with E-state index in [-0.39, 0.29) is 0 Å². The molecule has 0 heterocycles. The molecule has 0 saturated heterocycles. The summed E-state index contributed by atoms with van der Waals surface area (Å²) in [6, 6.07) is -9.43. The molecular weight excluding hydrogens is 652 g/mol. The van der Waals surface area contributed by atoms with E-state index in [2.05, 4.69) is 0 Å². The highest BCUT2D eigenvalue weighted by Gasteiger charge is 2.71. The Bertz CT molecular complexity index is 1110. The standard InChI is InChI=1S/C12H6F20S4/c13-33(14,15,16,17)9-1-7(2-10(5-9)34(18,19,20,21)22)8-3-11(35(23,24,25,26)27)6-12(4-8)36(28,29,30,31)32/h1-6H. The molecule has 36 heavy (non-hydrogen) atoms. The number of hydrogen-bond acceptors (Lipinski definition) is 0. The van der Waals surface area contributed by atoms with E-state index < -0.39 is 108 Å². The molecule has 24 heteroatoms. The van der Waals surface area contributed by atoms with Crippen LogP contribution in [0.1, 0.15) is 0 Å². The molecule has 0 N–H and O–H groups in total. The van der Waals surface area contributed by atoms with Crippen LogP contribution in [-0.2, 0) is 0 Å². The maximum absolute atomic E-state index is 13.1. The lowest BCUT2D eigenvalue weighted by atomic mass is 10.1. The number of halogens is 20. The minimum absolute atomic E-state index is 1.39. The van der Waals surface area contributed by atoms with Crippen LogP contribution in [0.15, 0.2) is 56.0 Å². The molecular formula is C12H6F20S4. The molecule has 0 amide bonds. The van der Waals surface area contributed by atoms with Crippen LogP contribution in [0.3, 0.4) is 0 Å². The molecule has 0 aliphatic rings. The normalized spacial score (nSPS) is 22.0. The molecule has 0 aromatic heterocycles. The highest BCUT2D eigenvalue weighted by Crippen LogP contribution is 3.06. The molecule has 0 saturated carbocycles. The lowest BCUT2D eigenvalue weighted by Crippen LogP contribution is -2.13. The highest BCUT2D eigenvalue weighted by atomic mass is 32.5. The van der Waals surface area contributed by atoms with Gasteiger partial charge in [0.2, 0.25) is 0 Å². The van der Waals surface area contributed by atoms with Gasteiger partial charge in [-0.1, -0.05) is 77.7 Å². The van der Waals surface area contributed by atoms with Gasteiger partial charge >= 0.3 is 40.9 Å². The van der Waals surface area contributed by atoms with E-state index in [1.165, 1.54) is 0 Å². The molecule has 0 aliphatic carbocycles. The predicted octanol–water partition coefficient (Wildman–Crippen LogP) is 14.0. The van der Waals surface area contributed by atoms with Crippen molar-refractivity contribution in [3.8, 4) is 11.1 Å². The molecule has 0 aliphatic heterocycles.